The Morgan fingerprint density at radius 3 is 2.57 bits per heavy atom. The number of nitrogens with one attached hydrogen (secondary N) is 1. The van der Waals surface area contributed by atoms with Crippen molar-refractivity contribution in [2.24, 2.45) is 16.9 Å². The Balaban J connectivity index is 1.58. The molecule has 0 bridgehead atoms. The Morgan fingerprint density at radius 2 is 1.81 bits per heavy atom. The van der Waals surface area contributed by atoms with Gasteiger partial charge in [-0.05, 0) is 61.8 Å². The third kappa shape index (κ3) is 3.65. The monoisotopic (exact) mass is 304 g/mol. The van der Waals surface area contributed by atoms with E-state index in [1.165, 1.54) is 32.1 Å². The molecule has 3 rings (SSSR count). The second-order valence-electron chi connectivity index (χ2n) is 6.17. The fraction of sp³-hybridized carbons (Fsp3) is 0.529. The van der Waals surface area contributed by atoms with Crippen molar-refractivity contribution in [3.05, 3.63) is 34.9 Å². The van der Waals surface area contributed by atoms with Crippen molar-refractivity contribution in [1.29, 1.82) is 0 Å². The summed E-state index contributed by atoms with van der Waals surface area (Å²) in [6.45, 7) is 0. The number of halogens is 1. The summed E-state index contributed by atoms with van der Waals surface area (Å²) in [5, 5.41) is 4.99. The van der Waals surface area contributed by atoms with Crippen LogP contribution in [0.25, 0.3) is 0 Å². The quantitative estimate of drug-likeness (QED) is 0.808. The van der Waals surface area contributed by atoms with Crippen molar-refractivity contribution in [2.45, 2.75) is 44.9 Å². The maximum atomic E-state index is 12.0. The van der Waals surface area contributed by atoms with E-state index in [0.717, 1.165) is 30.4 Å². The molecule has 0 saturated heterocycles. The van der Waals surface area contributed by atoms with Crippen molar-refractivity contribution in [3.63, 3.8) is 0 Å². The van der Waals surface area contributed by atoms with Crippen LogP contribution >= 0.6 is 11.6 Å². The van der Waals surface area contributed by atoms with Crippen molar-refractivity contribution in [1.82, 2.24) is 5.43 Å². The molecule has 2 aliphatic carbocycles. The Morgan fingerprint density at radius 1 is 1.10 bits per heavy atom. The summed E-state index contributed by atoms with van der Waals surface area (Å²) in [4.78, 5) is 12.0. The molecule has 112 valence electrons. The molecule has 0 spiro atoms. The molecule has 0 heterocycles. The van der Waals surface area contributed by atoms with E-state index >= 15 is 0 Å². The van der Waals surface area contributed by atoms with Crippen molar-refractivity contribution >= 4 is 23.2 Å². The zero-order valence-corrected chi connectivity index (χ0v) is 12.9. The van der Waals surface area contributed by atoms with Gasteiger partial charge in [-0.2, -0.15) is 5.10 Å². The summed E-state index contributed by atoms with van der Waals surface area (Å²) < 4.78 is 0. The third-order valence-electron chi connectivity index (χ3n) is 4.79. The van der Waals surface area contributed by atoms with E-state index in [1.807, 2.05) is 0 Å². The lowest BCUT2D eigenvalue weighted by atomic mass is 9.70. The molecule has 1 aromatic rings. The highest BCUT2D eigenvalue weighted by Crippen LogP contribution is 2.39. The van der Waals surface area contributed by atoms with E-state index in [-0.39, 0.29) is 5.91 Å². The minimum absolute atomic E-state index is 0.162. The smallest absolute Gasteiger partial charge is 0.267 e. The first-order chi connectivity index (χ1) is 10.2. The van der Waals surface area contributed by atoms with Crippen LogP contribution in [0.3, 0.4) is 0 Å². The number of amides is 1. The van der Waals surface area contributed by atoms with Crippen LogP contribution < -0.4 is 5.43 Å². The van der Waals surface area contributed by atoms with Gasteiger partial charge in [0.1, 0.15) is 0 Å². The SMILES string of the molecule is O=C(N/N=C1/CC[C@H]2CCCC[C@@H]2C1)c1ccc(Cl)cc1. The van der Waals surface area contributed by atoms with Gasteiger partial charge in [0.05, 0.1) is 0 Å². The summed E-state index contributed by atoms with van der Waals surface area (Å²) in [7, 11) is 0. The van der Waals surface area contributed by atoms with Crippen LogP contribution in [-0.4, -0.2) is 11.6 Å². The molecule has 2 fully saturated rings. The number of nitrogens with zero attached hydrogens (tertiary/aromatic N) is 1. The van der Waals surface area contributed by atoms with Crippen LogP contribution in [0, 0.1) is 11.8 Å². The lowest BCUT2D eigenvalue weighted by Crippen LogP contribution is -2.29. The van der Waals surface area contributed by atoms with E-state index in [0.29, 0.717) is 10.6 Å². The number of hydrogen-bond acceptors (Lipinski definition) is 2. The van der Waals surface area contributed by atoms with E-state index in [2.05, 4.69) is 10.5 Å². The van der Waals surface area contributed by atoms with Crippen LogP contribution in [0.5, 0.6) is 0 Å². The third-order valence-corrected chi connectivity index (χ3v) is 5.04. The molecule has 0 radical (unpaired) electrons. The van der Waals surface area contributed by atoms with Crippen molar-refractivity contribution < 1.29 is 4.79 Å². The first kappa shape index (κ1) is 14.6. The molecular weight excluding hydrogens is 284 g/mol. The van der Waals surface area contributed by atoms with Crippen LogP contribution in [-0.2, 0) is 0 Å². The lowest BCUT2D eigenvalue weighted by molar-refractivity contribution is 0.0954. The van der Waals surface area contributed by atoms with Crippen LogP contribution in [0.15, 0.2) is 29.4 Å². The van der Waals surface area contributed by atoms with Gasteiger partial charge >= 0.3 is 0 Å². The number of hydrazone groups is 1. The molecule has 1 N–H and O–H groups in total. The number of fused-ring (bicyclic) bond motifs is 1. The Labute approximate surface area is 130 Å². The minimum Gasteiger partial charge on any atom is -0.267 e. The van der Waals surface area contributed by atoms with Gasteiger partial charge in [0, 0.05) is 16.3 Å². The van der Waals surface area contributed by atoms with E-state index < -0.39 is 0 Å². The van der Waals surface area contributed by atoms with Crippen LogP contribution in [0.2, 0.25) is 5.02 Å². The summed E-state index contributed by atoms with van der Waals surface area (Å²) in [6.07, 6.45) is 8.78. The summed E-state index contributed by atoms with van der Waals surface area (Å²) in [5.41, 5.74) is 4.44. The standard InChI is InChI=1S/C17H21ClN2O/c18-15-8-5-13(6-9-15)17(21)20-19-16-10-7-12-3-1-2-4-14(12)11-16/h5-6,8-9,12,14H,1-4,7,10-11H2,(H,20,21)/b19-16-/t12-,14-/m1/s1. The van der Waals surface area contributed by atoms with Gasteiger partial charge in [0.15, 0.2) is 0 Å². The lowest BCUT2D eigenvalue weighted by Gasteiger charge is -2.35. The zero-order valence-electron chi connectivity index (χ0n) is 12.1. The molecule has 2 saturated carbocycles. The molecule has 0 aliphatic heterocycles. The maximum Gasteiger partial charge on any atom is 0.271 e. The van der Waals surface area contributed by atoms with E-state index in [9.17, 15) is 4.79 Å². The molecule has 0 unspecified atom stereocenters. The van der Waals surface area contributed by atoms with Gasteiger partial charge in [-0.25, -0.2) is 5.43 Å². The first-order valence-corrected chi connectivity index (χ1v) is 8.21. The van der Waals surface area contributed by atoms with Gasteiger partial charge in [-0.3, -0.25) is 4.79 Å². The largest absolute Gasteiger partial charge is 0.271 e. The van der Waals surface area contributed by atoms with Gasteiger partial charge in [0.25, 0.3) is 5.91 Å². The molecule has 0 aromatic heterocycles. The summed E-state index contributed by atoms with van der Waals surface area (Å²) in [5.74, 6) is 1.52. The van der Waals surface area contributed by atoms with Gasteiger partial charge in [0.2, 0.25) is 0 Å². The topological polar surface area (TPSA) is 41.5 Å². The predicted octanol–water partition coefficient (Wildman–Crippen LogP) is 4.42. The highest BCUT2D eigenvalue weighted by molar-refractivity contribution is 6.30. The predicted molar refractivity (Wildman–Crippen MR) is 85.7 cm³/mol. The van der Waals surface area contributed by atoms with Crippen molar-refractivity contribution in [2.75, 3.05) is 0 Å². The highest BCUT2D eigenvalue weighted by Gasteiger charge is 2.30. The Bertz CT molecular complexity index is 538. The molecule has 2 aliphatic rings. The number of rotatable bonds is 2. The average molecular weight is 305 g/mol. The molecule has 2 atom stereocenters. The molecule has 4 heteroatoms. The van der Waals surface area contributed by atoms with Crippen LogP contribution in [0.4, 0.5) is 0 Å². The average Bonchev–Trinajstić information content (AvgIpc) is 2.53. The molecule has 1 aromatic carbocycles. The molecule has 21 heavy (non-hydrogen) atoms. The Hall–Kier alpha value is -1.35. The summed E-state index contributed by atoms with van der Waals surface area (Å²) in [6, 6.07) is 6.87. The summed E-state index contributed by atoms with van der Waals surface area (Å²) >= 11 is 5.82. The highest BCUT2D eigenvalue weighted by atomic mass is 35.5. The second kappa shape index (κ2) is 6.61. The molecular formula is C17H21ClN2O. The van der Waals surface area contributed by atoms with Gasteiger partial charge < -0.3 is 0 Å². The number of benzene rings is 1. The maximum absolute atomic E-state index is 12.0. The fourth-order valence-electron chi connectivity index (χ4n) is 3.59. The molecule has 3 nitrogen and oxygen atoms in total. The zero-order chi connectivity index (χ0) is 14.7. The molecule has 1 amide bonds. The minimum atomic E-state index is -0.162. The second-order valence-corrected chi connectivity index (χ2v) is 6.61. The number of carbonyl (C=O) groups excluding carboxylic acids is 1. The fourth-order valence-corrected chi connectivity index (χ4v) is 3.71. The van der Waals surface area contributed by atoms with Crippen molar-refractivity contribution in [3.8, 4) is 0 Å². The van der Waals surface area contributed by atoms with E-state index in [4.69, 9.17) is 11.6 Å². The Kier molecular flexibility index (Phi) is 4.59. The van der Waals surface area contributed by atoms with Gasteiger partial charge in [-0.1, -0.05) is 30.9 Å². The normalized spacial score (nSPS) is 27.2. The first-order valence-electron chi connectivity index (χ1n) is 7.84. The van der Waals surface area contributed by atoms with Crippen LogP contribution in [0.1, 0.15) is 55.3 Å². The number of hydrogen-bond donors (Lipinski definition) is 1. The van der Waals surface area contributed by atoms with Gasteiger partial charge in [-0.15, -0.1) is 0 Å². The number of carbonyl (C=O) groups is 1. The van der Waals surface area contributed by atoms with E-state index in [1.54, 1.807) is 24.3 Å².